The summed E-state index contributed by atoms with van der Waals surface area (Å²) in [4.78, 5) is 16.6. The molecule has 1 N–H and O–H groups in total. The zero-order chi connectivity index (χ0) is 22.6. The molecule has 1 heterocycles. The Hall–Kier alpha value is -3.14. The Balaban J connectivity index is 1.66. The number of nitrogens with one attached hydrogen (secondary N) is 1. The van der Waals surface area contributed by atoms with Gasteiger partial charge in [0, 0.05) is 18.5 Å². The predicted octanol–water partition coefficient (Wildman–Crippen LogP) is 4.52. The monoisotopic (exact) mass is 456 g/mol. The van der Waals surface area contributed by atoms with E-state index in [1.165, 1.54) is 35.0 Å². The van der Waals surface area contributed by atoms with Crippen molar-refractivity contribution in [3.05, 3.63) is 64.7 Å². The number of benzene rings is 2. The fourth-order valence-electron chi connectivity index (χ4n) is 2.77. The summed E-state index contributed by atoms with van der Waals surface area (Å²) in [5, 5.41) is 6.85. The van der Waals surface area contributed by atoms with Gasteiger partial charge in [-0.3, -0.25) is 4.79 Å². The number of carbonyl (C=O) groups excluding carboxylic acids is 1. The first-order chi connectivity index (χ1) is 14.6. The number of carbonyl (C=O) groups is 1. The molecule has 11 heteroatoms. The van der Waals surface area contributed by atoms with Crippen molar-refractivity contribution in [2.24, 2.45) is 0 Å². The van der Waals surface area contributed by atoms with Crippen molar-refractivity contribution in [3.8, 4) is 17.1 Å². The number of hydrogen-bond acceptors (Lipinski definition) is 4. The van der Waals surface area contributed by atoms with E-state index in [1.807, 2.05) is 6.92 Å². The fourth-order valence-corrected chi connectivity index (χ4v) is 2.88. The summed E-state index contributed by atoms with van der Waals surface area (Å²) in [6.45, 7) is 1.67. The highest BCUT2D eigenvalue weighted by atomic mass is 35.5. The van der Waals surface area contributed by atoms with Gasteiger partial charge < -0.3 is 10.1 Å². The van der Waals surface area contributed by atoms with Crippen molar-refractivity contribution in [2.45, 2.75) is 32.8 Å². The minimum absolute atomic E-state index is 0.000696. The van der Waals surface area contributed by atoms with Gasteiger partial charge in [-0.2, -0.15) is 5.10 Å². The number of nitrogens with zero attached hydrogens (tertiary/aromatic N) is 3. The number of amides is 1. The van der Waals surface area contributed by atoms with Crippen LogP contribution < -0.4 is 10.1 Å². The third-order valence-corrected chi connectivity index (χ3v) is 4.46. The van der Waals surface area contributed by atoms with Crippen molar-refractivity contribution in [2.75, 3.05) is 0 Å². The number of aryl methyl sites for hydroxylation is 1. The van der Waals surface area contributed by atoms with Gasteiger partial charge in [0.1, 0.15) is 23.9 Å². The average molecular weight is 457 g/mol. The summed E-state index contributed by atoms with van der Waals surface area (Å²) in [6, 6.07) is 9.48. The summed E-state index contributed by atoms with van der Waals surface area (Å²) in [7, 11) is 0. The second-order valence-electron chi connectivity index (χ2n) is 6.46. The van der Waals surface area contributed by atoms with E-state index in [-0.39, 0.29) is 29.7 Å². The smallest absolute Gasteiger partial charge is 0.406 e. The summed E-state index contributed by atoms with van der Waals surface area (Å²) >= 11 is 5.69. The standard InChI is InChI=1S/C20H17ClF4N4O2/c1-2-17-27-19(13-6-7-15(21)16(22)9-13)28-29(17)11-18(30)26-10-12-4-3-5-14(8-12)31-20(23,24)25/h3-9H,2,10-11H2,1H3,(H,26,30). The van der Waals surface area contributed by atoms with E-state index in [2.05, 4.69) is 20.1 Å². The van der Waals surface area contributed by atoms with Crippen LogP contribution in [0.25, 0.3) is 11.4 Å². The maximum absolute atomic E-state index is 13.7. The quantitative estimate of drug-likeness (QED) is 0.531. The first kappa shape index (κ1) is 22.5. The molecule has 0 spiro atoms. The zero-order valence-electron chi connectivity index (χ0n) is 16.2. The van der Waals surface area contributed by atoms with Gasteiger partial charge in [0.15, 0.2) is 5.82 Å². The molecule has 0 aliphatic rings. The lowest BCUT2D eigenvalue weighted by atomic mass is 10.2. The molecule has 0 bridgehead atoms. The molecule has 3 aromatic rings. The van der Waals surface area contributed by atoms with E-state index < -0.39 is 18.1 Å². The number of alkyl halides is 3. The zero-order valence-corrected chi connectivity index (χ0v) is 17.0. The summed E-state index contributed by atoms with van der Waals surface area (Å²) in [6.07, 6.45) is -4.32. The molecule has 0 aliphatic heterocycles. The molecule has 0 fully saturated rings. The molecule has 164 valence electrons. The first-order valence-corrected chi connectivity index (χ1v) is 9.53. The molecule has 2 aromatic carbocycles. The number of ether oxygens (including phenoxy) is 1. The molecule has 3 rings (SSSR count). The van der Waals surface area contributed by atoms with E-state index in [0.29, 0.717) is 23.4 Å². The van der Waals surface area contributed by atoms with E-state index in [4.69, 9.17) is 11.6 Å². The molecule has 0 aliphatic carbocycles. The molecular weight excluding hydrogens is 440 g/mol. The summed E-state index contributed by atoms with van der Waals surface area (Å²) in [5.74, 6) is -0.638. The van der Waals surface area contributed by atoms with Crippen LogP contribution in [0.1, 0.15) is 18.3 Å². The van der Waals surface area contributed by atoms with Crippen LogP contribution in [0.2, 0.25) is 5.02 Å². The molecule has 1 aromatic heterocycles. The van der Waals surface area contributed by atoms with Crippen LogP contribution in [0.15, 0.2) is 42.5 Å². The molecule has 31 heavy (non-hydrogen) atoms. The Kier molecular flexibility index (Phi) is 6.79. The normalized spacial score (nSPS) is 11.4. The molecule has 0 radical (unpaired) electrons. The molecule has 0 unspecified atom stereocenters. The van der Waals surface area contributed by atoms with Gasteiger partial charge in [0.25, 0.3) is 0 Å². The molecule has 0 saturated heterocycles. The first-order valence-electron chi connectivity index (χ1n) is 9.15. The molecule has 1 amide bonds. The van der Waals surface area contributed by atoms with Gasteiger partial charge in [0.2, 0.25) is 5.91 Å². The van der Waals surface area contributed by atoms with Crippen LogP contribution in [0.3, 0.4) is 0 Å². The maximum Gasteiger partial charge on any atom is 0.573 e. The molecule has 0 saturated carbocycles. The minimum Gasteiger partial charge on any atom is -0.406 e. The highest BCUT2D eigenvalue weighted by Gasteiger charge is 2.31. The average Bonchev–Trinajstić information content (AvgIpc) is 3.10. The molecule has 6 nitrogen and oxygen atoms in total. The van der Waals surface area contributed by atoms with E-state index in [1.54, 1.807) is 12.1 Å². The largest absolute Gasteiger partial charge is 0.573 e. The highest BCUT2D eigenvalue weighted by Crippen LogP contribution is 2.24. The predicted molar refractivity (Wildman–Crippen MR) is 105 cm³/mol. The summed E-state index contributed by atoms with van der Waals surface area (Å²) in [5.41, 5.74) is 0.846. The van der Waals surface area contributed by atoms with Gasteiger partial charge in [-0.05, 0) is 35.9 Å². The van der Waals surface area contributed by atoms with Crippen LogP contribution in [-0.2, 0) is 24.3 Å². The Morgan fingerprint density at radius 1 is 1.23 bits per heavy atom. The van der Waals surface area contributed by atoms with Crippen LogP contribution in [0, 0.1) is 5.82 Å². The minimum atomic E-state index is -4.80. The Morgan fingerprint density at radius 2 is 2.00 bits per heavy atom. The van der Waals surface area contributed by atoms with Crippen molar-refractivity contribution in [1.29, 1.82) is 0 Å². The van der Waals surface area contributed by atoms with Gasteiger partial charge in [-0.15, -0.1) is 13.2 Å². The Morgan fingerprint density at radius 3 is 2.68 bits per heavy atom. The third kappa shape index (κ3) is 6.17. The van der Waals surface area contributed by atoms with Crippen LogP contribution in [0.5, 0.6) is 5.75 Å². The Bertz CT molecular complexity index is 1090. The Labute approximate surface area is 179 Å². The van der Waals surface area contributed by atoms with Gasteiger partial charge in [-0.1, -0.05) is 30.7 Å². The maximum atomic E-state index is 13.7. The van der Waals surface area contributed by atoms with Crippen molar-refractivity contribution in [3.63, 3.8) is 0 Å². The third-order valence-electron chi connectivity index (χ3n) is 4.16. The highest BCUT2D eigenvalue weighted by molar-refractivity contribution is 6.30. The lowest BCUT2D eigenvalue weighted by Gasteiger charge is -2.11. The van der Waals surface area contributed by atoms with Crippen LogP contribution in [-0.4, -0.2) is 27.0 Å². The van der Waals surface area contributed by atoms with Crippen molar-refractivity contribution in [1.82, 2.24) is 20.1 Å². The topological polar surface area (TPSA) is 69.0 Å². The van der Waals surface area contributed by atoms with Gasteiger partial charge in [-0.25, -0.2) is 14.1 Å². The molecular formula is C20H17ClF4N4O2. The van der Waals surface area contributed by atoms with E-state index >= 15 is 0 Å². The second kappa shape index (κ2) is 9.34. The van der Waals surface area contributed by atoms with Crippen LogP contribution >= 0.6 is 11.6 Å². The number of aromatic nitrogens is 3. The van der Waals surface area contributed by atoms with Crippen molar-refractivity contribution < 1.29 is 27.1 Å². The van der Waals surface area contributed by atoms with Crippen LogP contribution in [0.4, 0.5) is 17.6 Å². The summed E-state index contributed by atoms with van der Waals surface area (Å²) < 4.78 is 56.0. The van der Waals surface area contributed by atoms with Gasteiger partial charge >= 0.3 is 6.36 Å². The SMILES string of the molecule is CCc1nc(-c2ccc(Cl)c(F)c2)nn1CC(=O)NCc1cccc(OC(F)(F)F)c1. The fraction of sp³-hybridized carbons (Fsp3) is 0.250. The second-order valence-corrected chi connectivity index (χ2v) is 6.87. The van der Waals surface area contributed by atoms with Crippen molar-refractivity contribution >= 4 is 17.5 Å². The number of halogens is 5. The van der Waals surface area contributed by atoms with E-state index in [9.17, 15) is 22.4 Å². The van der Waals surface area contributed by atoms with Gasteiger partial charge in [0.05, 0.1) is 5.02 Å². The number of hydrogen-bond donors (Lipinski definition) is 1. The lowest BCUT2D eigenvalue weighted by Crippen LogP contribution is -2.28. The van der Waals surface area contributed by atoms with E-state index in [0.717, 1.165) is 0 Å². The lowest BCUT2D eigenvalue weighted by molar-refractivity contribution is -0.274. The molecule has 0 atom stereocenters. The number of rotatable bonds is 7.